The number of hydrogen-bond acceptors (Lipinski definition) is 2. The van der Waals surface area contributed by atoms with Crippen LogP contribution in [0.15, 0.2) is 199 Å². The van der Waals surface area contributed by atoms with Gasteiger partial charge in [-0.3, -0.25) is 0 Å². The second-order valence-electron chi connectivity index (χ2n) is 13.3. The van der Waals surface area contributed by atoms with Crippen LogP contribution in [0.25, 0.3) is 55.3 Å². The van der Waals surface area contributed by atoms with E-state index >= 15 is 0 Å². The van der Waals surface area contributed by atoms with Crippen LogP contribution in [0.5, 0.6) is 0 Å². The van der Waals surface area contributed by atoms with Crippen LogP contribution in [0.1, 0.15) is 22.3 Å². The Morgan fingerprint density at radius 1 is 0.412 bits per heavy atom. The van der Waals surface area contributed by atoms with E-state index in [9.17, 15) is 0 Å². The highest BCUT2D eigenvalue weighted by molar-refractivity contribution is 6.10. The molecule has 1 aromatic heterocycles. The van der Waals surface area contributed by atoms with Gasteiger partial charge in [-0.25, -0.2) is 0 Å². The van der Waals surface area contributed by atoms with Gasteiger partial charge in [0.05, 0.1) is 5.41 Å². The van der Waals surface area contributed by atoms with Crippen LogP contribution in [-0.4, -0.2) is 0 Å². The lowest BCUT2D eigenvalue weighted by Gasteiger charge is -2.33. The molecular formula is C49H33NO. The minimum absolute atomic E-state index is 0.423. The molecule has 240 valence electrons. The Morgan fingerprint density at radius 3 is 1.76 bits per heavy atom. The number of para-hydroxylation sites is 1. The highest BCUT2D eigenvalue weighted by Crippen LogP contribution is 2.58. The number of furan rings is 1. The van der Waals surface area contributed by atoms with E-state index in [0.29, 0.717) is 0 Å². The fourth-order valence-electron chi connectivity index (χ4n) is 8.32. The summed E-state index contributed by atoms with van der Waals surface area (Å²) >= 11 is 0. The summed E-state index contributed by atoms with van der Waals surface area (Å²) in [5, 5.41) is 6.08. The van der Waals surface area contributed by atoms with Gasteiger partial charge in [-0.05, 0) is 74.8 Å². The molecule has 0 unspecified atom stereocenters. The lowest BCUT2D eigenvalue weighted by Crippen LogP contribution is -2.28. The molecule has 0 saturated carbocycles. The molecule has 0 aliphatic heterocycles. The summed E-state index contributed by atoms with van der Waals surface area (Å²) in [6.07, 6.45) is 0. The van der Waals surface area contributed by atoms with E-state index in [1.165, 1.54) is 33.4 Å². The largest absolute Gasteiger partial charge is 0.455 e. The van der Waals surface area contributed by atoms with Gasteiger partial charge in [0.25, 0.3) is 0 Å². The molecule has 0 bridgehead atoms. The summed E-state index contributed by atoms with van der Waals surface area (Å²) < 4.78 is 6.44. The van der Waals surface area contributed by atoms with E-state index in [2.05, 4.69) is 193 Å². The quantitative estimate of drug-likeness (QED) is 0.194. The summed E-state index contributed by atoms with van der Waals surface area (Å²) in [6.45, 7) is 0. The van der Waals surface area contributed by atoms with Crippen LogP contribution in [0.3, 0.4) is 0 Å². The first-order chi connectivity index (χ1) is 25.3. The molecule has 1 aliphatic rings. The zero-order valence-corrected chi connectivity index (χ0v) is 27.9. The van der Waals surface area contributed by atoms with Crippen molar-refractivity contribution in [2.24, 2.45) is 0 Å². The van der Waals surface area contributed by atoms with Crippen molar-refractivity contribution in [3.05, 3.63) is 216 Å². The Morgan fingerprint density at radius 2 is 1.02 bits per heavy atom. The van der Waals surface area contributed by atoms with Crippen LogP contribution in [0.2, 0.25) is 0 Å². The standard InChI is InChI=1S/C49H33NO/c1-4-14-34(15-5-1)39-21-12-22-40-42-32-35(28-31-46(42)51-48(39)40)33-26-29-38(30-27-33)50-45-25-13-24-44-47(45)41-20-10-11-23-43(41)49(44,36-16-6-2-7-17-36)37-18-8-3-9-19-37/h1-32,50H. The van der Waals surface area contributed by atoms with Crippen molar-refractivity contribution in [1.82, 2.24) is 0 Å². The molecule has 0 radical (unpaired) electrons. The summed E-state index contributed by atoms with van der Waals surface area (Å²) in [6, 6.07) is 69.6. The van der Waals surface area contributed by atoms with Gasteiger partial charge in [0, 0.05) is 33.3 Å². The summed E-state index contributed by atoms with van der Waals surface area (Å²) in [7, 11) is 0. The van der Waals surface area contributed by atoms with E-state index < -0.39 is 5.41 Å². The van der Waals surface area contributed by atoms with Crippen LogP contribution < -0.4 is 5.32 Å². The van der Waals surface area contributed by atoms with E-state index in [-0.39, 0.29) is 0 Å². The number of hydrogen-bond donors (Lipinski definition) is 1. The van der Waals surface area contributed by atoms with Gasteiger partial charge in [-0.2, -0.15) is 0 Å². The molecule has 0 spiro atoms. The number of nitrogens with one attached hydrogen (secondary N) is 1. The SMILES string of the molecule is c1ccc(-c2cccc3c2oc2ccc(-c4ccc(Nc5cccc6c5-c5ccccc5C6(c5ccccc5)c5ccccc5)cc4)cc23)cc1. The third kappa shape index (κ3) is 4.57. The average molecular weight is 652 g/mol. The van der Waals surface area contributed by atoms with Crippen molar-refractivity contribution in [3.63, 3.8) is 0 Å². The molecule has 1 heterocycles. The van der Waals surface area contributed by atoms with Crippen molar-refractivity contribution in [3.8, 4) is 33.4 Å². The van der Waals surface area contributed by atoms with Gasteiger partial charge in [-0.1, -0.05) is 164 Å². The van der Waals surface area contributed by atoms with Crippen molar-refractivity contribution < 1.29 is 4.42 Å². The minimum atomic E-state index is -0.423. The maximum atomic E-state index is 6.44. The Bertz CT molecular complexity index is 2650. The van der Waals surface area contributed by atoms with Gasteiger partial charge in [0.1, 0.15) is 11.2 Å². The van der Waals surface area contributed by atoms with Gasteiger partial charge >= 0.3 is 0 Å². The molecule has 0 fully saturated rings. The van der Waals surface area contributed by atoms with E-state index in [4.69, 9.17) is 4.42 Å². The van der Waals surface area contributed by atoms with Crippen LogP contribution in [0, 0.1) is 0 Å². The van der Waals surface area contributed by atoms with Crippen LogP contribution in [-0.2, 0) is 5.41 Å². The maximum absolute atomic E-state index is 6.44. The third-order valence-corrected chi connectivity index (χ3v) is 10.6. The number of rotatable bonds is 6. The fraction of sp³-hybridized carbons (Fsp3) is 0.0204. The summed E-state index contributed by atoms with van der Waals surface area (Å²) in [4.78, 5) is 0. The second-order valence-corrected chi connectivity index (χ2v) is 13.3. The average Bonchev–Trinajstić information content (AvgIpc) is 3.73. The molecule has 51 heavy (non-hydrogen) atoms. The first-order valence-electron chi connectivity index (χ1n) is 17.5. The topological polar surface area (TPSA) is 25.2 Å². The zero-order valence-electron chi connectivity index (χ0n) is 27.9. The second kappa shape index (κ2) is 11.8. The Labute approximate surface area is 297 Å². The molecule has 0 atom stereocenters. The molecule has 8 aromatic carbocycles. The molecule has 2 heteroatoms. The molecular weight excluding hydrogens is 619 g/mol. The van der Waals surface area contributed by atoms with Gasteiger partial charge in [0.2, 0.25) is 0 Å². The highest BCUT2D eigenvalue weighted by Gasteiger charge is 2.46. The number of fused-ring (bicyclic) bond motifs is 6. The normalized spacial score (nSPS) is 12.9. The maximum Gasteiger partial charge on any atom is 0.143 e. The first kappa shape index (κ1) is 29.3. The molecule has 10 rings (SSSR count). The Kier molecular flexibility index (Phi) is 6.75. The lowest BCUT2D eigenvalue weighted by molar-refractivity contribution is 0.670. The van der Waals surface area contributed by atoms with Crippen LogP contribution >= 0.6 is 0 Å². The summed E-state index contributed by atoms with van der Waals surface area (Å²) in [5.74, 6) is 0. The molecule has 1 N–H and O–H groups in total. The lowest BCUT2D eigenvalue weighted by atomic mass is 9.68. The smallest absolute Gasteiger partial charge is 0.143 e. The van der Waals surface area contributed by atoms with Crippen molar-refractivity contribution in [2.45, 2.75) is 5.41 Å². The fourth-order valence-corrected chi connectivity index (χ4v) is 8.32. The van der Waals surface area contributed by atoms with Gasteiger partial charge in [0.15, 0.2) is 0 Å². The van der Waals surface area contributed by atoms with Crippen molar-refractivity contribution in [1.29, 1.82) is 0 Å². The predicted molar refractivity (Wildman–Crippen MR) is 212 cm³/mol. The van der Waals surface area contributed by atoms with Crippen molar-refractivity contribution in [2.75, 3.05) is 5.32 Å². The molecule has 0 saturated heterocycles. The minimum Gasteiger partial charge on any atom is -0.455 e. The molecule has 0 amide bonds. The third-order valence-electron chi connectivity index (χ3n) is 10.6. The Balaban J connectivity index is 1.03. The Hall–Kier alpha value is -6.64. The monoisotopic (exact) mass is 651 g/mol. The van der Waals surface area contributed by atoms with Crippen molar-refractivity contribution >= 4 is 33.3 Å². The number of anilines is 2. The van der Waals surface area contributed by atoms with E-state index in [1.54, 1.807) is 0 Å². The predicted octanol–water partition coefficient (Wildman–Crippen LogP) is 13.0. The zero-order chi connectivity index (χ0) is 33.8. The first-order valence-corrected chi connectivity index (χ1v) is 17.5. The highest BCUT2D eigenvalue weighted by atomic mass is 16.3. The molecule has 2 nitrogen and oxygen atoms in total. The molecule has 9 aromatic rings. The van der Waals surface area contributed by atoms with E-state index in [0.717, 1.165) is 55.6 Å². The van der Waals surface area contributed by atoms with Crippen LogP contribution in [0.4, 0.5) is 11.4 Å². The molecule has 1 aliphatic carbocycles. The van der Waals surface area contributed by atoms with Gasteiger partial charge < -0.3 is 9.73 Å². The van der Waals surface area contributed by atoms with Gasteiger partial charge in [-0.15, -0.1) is 0 Å². The number of benzene rings is 8. The summed E-state index contributed by atoms with van der Waals surface area (Å²) in [5.41, 5.74) is 15.8. The van der Waals surface area contributed by atoms with E-state index in [1.807, 2.05) is 6.07 Å².